The highest BCUT2D eigenvalue weighted by Crippen LogP contribution is 2.40. The van der Waals surface area contributed by atoms with Crippen molar-refractivity contribution in [2.24, 2.45) is 0 Å². The first kappa shape index (κ1) is 27.1. The van der Waals surface area contributed by atoms with Crippen molar-refractivity contribution in [3.8, 4) is 28.5 Å². The zero-order valence-corrected chi connectivity index (χ0v) is 21.6. The maximum atomic E-state index is 14.4. The first-order chi connectivity index (χ1) is 18.7. The minimum atomic E-state index is -0.877. The molecule has 11 heteroatoms. The smallest absolute Gasteiger partial charge is 0.261 e. The number of aryl methyl sites for hydroxylation is 1. The van der Waals surface area contributed by atoms with Crippen LogP contribution in [0.15, 0.2) is 59.1 Å². The van der Waals surface area contributed by atoms with Crippen molar-refractivity contribution < 1.29 is 37.1 Å². The maximum absolute atomic E-state index is 14.4. The van der Waals surface area contributed by atoms with E-state index in [1.165, 1.54) is 34.3 Å². The van der Waals surface area contributed by atoms with Crippen LogP contribution < -0.4 is 24.8 Å². The van der Waals surface area contributed by atoms with Crippen molar-refractivity contribution >= 4 is 23.2 Å². The molecule has 0 bridgehead atoms. The highest BCUT2D eigenvalue weighted by atomic mass is 19.1. The zero-order valence-electron chi connectivity index (χ0n) is 21.6. The van der Waals surface area contributed by atoms with Crippen LogP contribution >= 0.6 is 0 Å². The number of methoxy groups -OCH3 is 3. The number of aromatic nitrogens is 1. The first-order valence-electron chi connectivity index (χ1n) is 11.7. The average Bonchev–Trinajstić information content (AvgIpc) is 3.28. The molecule has 202 valence electrons. The molecule has 1 heterocycles. The van der Waals surface area contributed by atoms with Gasteiger partial charge in [-0.15, -0.1) is 0 Å². The van der Waals surface area contributed by atoms with E-state index in [4.69, 9.17) is 18.7 Å². The Kier molecular flexibility index (Phi) is 8.09. The number of amides is 2. The van der Waals surface area contributed by atoms with Gasteiger partial charge in [0.05, 0.1) is 33.3 Å². The molecular formula is C28H25F2N3O6. The van der Waals surface area contributed by atoms with Gasteiger partial charge in [0.15, 0.2) is 11.5 Å². The number of rotatable bonds is 9. The van der Waals surface area contributed by atoms with Gasteiger partial charge in [-0.1, -0.05) is 23.4 Å². The van der Waals surface area contributed by atoms with Crippen molar-refractivity contribution in [2.75, 3.05) is 32.0 Å². The lowest BCUT2D eigenvalue weighted by molar-refractivity contribution is -0.115. The molecule has 4 rings (SSSR count). The van der Waals surface area contributed by atoms with Gasteiger partial charge >= 0.3 is 0 Å². The van der Waals surface area contributed by atoms with Gasteiger partial charge in [0.2, 0.25) is 11.7 Å². The van der Waals surface area contributed by atoms with Crippen LogP contribution in [0.4, 0.5) is 20.2 Å². The van der Waals surface area contributed by atoms with Crippen molar-refractivity contribution in [3.63, 3.8) is 0 Å². The molecule has 4 aromatic rings. The molecule has 0 aliphatic rings. The van der Waals surface area contributed by atoms with E-state index in [1.807, 2.05) is 0 Å². The molecule has 0 unspecified atom stereocenters. The molecule has 0 aliphatic carbocycles. The number of hydrogen-bond donors (Lipinski definition) is 2. The second-order valence-corrected chi connectivity index (χ2v) is 8.35. The van der Waals surface area contributed by atoms with Gasteiger partial charge in [-0.05, 0) is 36.8 Å². The molecule has 0 spiro atoms. The van der Waals surface area contributed by atoms with Crippen LogP contribution in [0, 0.1) is 18.6 Å². The number of nitrogens with zero attached hydrogens (tertiary/aromatic N) is 1. The molecule has 0 radical (unpaired) electrons. The summed E-state index contributed by atoms with van der Waals surface area (Å²) in [6.07, 6.45) is -0.0155. The van der Waals surface area contributed by atoms with E-state index in [1.54, 1.807) is 36.4 Å². The van der Waals surface area contributed by atoms with Crippen LogP contribution in [-0.4, -0.2) is 38.3 Å². The molecular weight excluding hydrogens is 512 g/mol. The third-order valence-corrected chi connectivity index (χ3v) is 5.79. The fourth-order valence-electron chi connectivity index (χ4n) is 4.03. The van der Waals surface area contributed by atoms with Crippen LogP contribution in [0.2, 0.25) is 0 Å². The summed E-state index contributed by atoms with van der Waals surface area (Å²) in [6, 6.07) is 13.2. The van der Waals surface area contributed by atoms with Crippen LogP contribution in [0.5, 0.6) is 17.2 Å². The number of nitrogens with one attached hydrogen (secondary N) is 2. The summed E-state index contributed by atoms with van der Waals surface area (Å²) in [5, 5.41) is 9.17. The molecule has 39 heavy (non-hydrogen) atoms. The third-order valence-electron chi connectivity index (χ3n) is 5.79. The number of benzene rings is 3. The number of carbonyl (C=O) groups is 2. The standard InChI is InChI=1S/C28H25F2N3O6/c1-15-24(26(33-39-15)25-19(29)9-6-10-20(25)30)28(35)32-17-8-5-7-16(11-17)12-23(34)31-18-13-21(36-2)27(38-4)22(14-18)37-3/h5-11,13-14H,12H2,1-4H3,(H,31,34)(H,32,35). The Bertz CT molecular complexity index is 1490. The number of hydrogen-bond acceptors (Lipinski definition) is 7. The Morgan fingerprint density at radius 1 is 0.872 bits per heavy atom. The molecule has 0 atom stereocenters. The predicted molar refractivity (Wildman–Crippen MR) is 139 cm³/mol. The van der Waals surface area contributed by atoms with Crippen molar-refractivity contribution in [1.29, 1.82) is 0 Å². The van der Waals surface area contributed by atoms with Gasteiger partial charge in [-0.3, -0.25) is 9.59 Å². The minimum absolute atomic E-state index is 0.0155. The van der Waals surface area contributed by atoms with Gasteiger partial charge in [0.25, 0.3) is 5.91 Å². The molecule has 9 nitrogen and oxygen atoms in total. The van der Waals surface area contributed by atoms with Crippen LogP contribution in [0.3, 0.4) is 0 Å². The second kappa shape index (κ2) is 11.6. The fraction of sp³-hybridized carbons (Fsp3) is 0.179. The molecule has 2 N–H and O–H groups in total. The molecule has 3 aromatic carbocycles. The van der Waals surface area contributed by atoms with E-state index in [9.17, 15) is 18.4 Å². The number of carbonyl (C=O) groups excluding carboxylic acids is 2. The van der Waals surface area contributed by atoms with Gasteiger partial charge in [-0.25, -0.2) is 8.78 Å². The lowest BCUT2D eigenvalue weighted by Crippen LogP contribution is -2.16. The average molecular weight is 538 g/mol. The SMILES string of the molecule is COc1cc(NC(=O)Cc2cccc(NC(=O)c3c(-c4c(F)cccc4F)noc3C)c2)cc(OC)c1OC. The first-order valence-corrected chi connectivity index (χ1v) is 11.7. The van der Waals surface area contributed by atoms with Crippen molar-refractivity contribution in [3.05, 3.63) is 83.1 Å². The lowest BCUT2D eigenvalue weighted by atomic mass is 10.0. The van der Waals surface area contributed by atoms with Gasteiger partial charge in [0, 0.05) is 23.5 Å². The van der Waals surface area contributed by atoms with E-state index in [2.05, 4.69) is 15.8 Å². The third kappa shape index (κ3) is 5.82. The van der Waals surface area contributed by atoms with E-state index in [0.717, 1.165) is 12.1 Å². The second-order valence-electron chi connectivity index (χ2n) is 8.35. The molecule has 0 fully saturated rings. The Morgan fingerprint density at radius 3 is 2.13 bits per heavy atom. The highest BCUT2D eigenvalue weighted by Gasteiger charge is 2.26. The van der Waals surface area contributed by atoms with Crippen LogP contribution in [-0.2, 0) is 11.2 Å². The van der Waals surface area contributed by atoms with Crippen molar-refractivity contribution in [1.82, 2.24) is 5.16 Å². The van der Waals surface area contributed by atoms with Crippen LogP contribution in [0.1, 0.15) is 21.7 Å². The van der Waals surface area contributed by atoms with E-state index in [0.29, 0.717) is 34.2 Å². The largest absolute Gasteiger partial charge is 0.493 e. The summed E-state index contributed by atoms with van der Waals surface area (Å²) in [6.45, 7) is 1.47. The summed E-state index contributed by atoms with van der Waals surface area (Å²) >= 11 is 0. The summed E-state index contributed by atoms with van der Waals surface area (Å²) in [4.78, 5) is 25.9. The molecule has 0 aliphatic heterocycles. The Labute approximate surface area is 222 Å². The van der Waals surface area contributed by atoms with E-state index < -0.39 is 23.1 Å². The Hall–Kier alpha value is -4.93. The quantitative estimate of drug-likeness (QED) is 0.295. The van der Waals surface area contributed by atoms with E-state index in [-0.39, 0.29) is 29.3 Å². The number of ether oxygens (including phenoxy) is 3. The van der Waals surface area contributed by atoms with E-state index >= 15 is 0 Å². The topological polar surface area (TPSA) is 112 Å². The van der Waals surface area contributed by atoms with Gasteiger partial charge in [0.1, 0.15) is 28.7 Å². The molecule has 0 saturated heterocycles. The minimum Gasteiger partial charge on any atom is -0.493 e. The summed E-state index contributed by atoms with van der Waals surface area (Å²) in [5.41, 5.74) is 0.580. The molecule has 2 amide bonds. The normalized spacial score (nSPS) is 10.6. The molecule has 1 aromatic heterocycles. The lowest BCUT2D eigenvalue weighted by Gasteiger charge is -2.14. The van der Waals surface area contributed by atoms with Crippen LogP contribution in [0.25, 0.3) is 11.3 Å². The summed E-state index contributed by atoms with van der Waals surface area (Å²) in [7, 11) is 4.42. The number of halogens is 2. The Balaban J connectivity index is 1.50. The monoisotopic (exact) mass is 537 g/mol. The molecule has 0 saturated carbocycles. The zero-order chi connectivity index (χ0) is 28.1. The highest BCUT2D eigenvalue weighted by molar-refractivity contribution is 6.09. The number of anilines is 2. The summed E-state index contributed by atoms with van der Waals surface area (Å²) < 4.78 is 49.7. The predicted octanol–water partition coefficient (Wildman–Crippen LogP) is 5.39. The maximum Gasteiger partial charge on any atom is 0.261 e. The summed E-state index contributed by atoms with van der Waals surface area (Å²) in [5.74, 6) is -1.51. The Morgan fingerprint density at radius 2 is 1.51 bits per heavy atom. The fourth-order valence-corrected chi connectivity index (χ4v) is 4.03. The van der Waals surface area contributed by atoms with Gasteiger partial charge < -0.3 is 29.4 Å². The van der Waals surface area contributed by atoms with Gasteiger partial charge in [-0.2, -0.15) is 0 Å². The van der Waals surface area contributed by atoms with Crippen molar-refractivity contribution in [2.45, 2.75) is 13.3 Å².